The molecule has 43 heavy (non-hydrogen) atoms. The molecule has 11 heteroatoms. The quantitative estimate of drug-likeness (QED) is 0.465. The van der Waals surface area contributed by atoms with Crippen molar-refractivity contribution in [3.63, 3.8) is 0 Å². The van der Waals surface area contributed by atoms with E-state index >= 15 is 0 Å². The molecular formula is C32H38N4O6S. The van der Waals surface area contributed by atoms with Crippen molar-refractivity contribution in [3.05, 3.63) is 58.7 Å². The van der Waals surface area contributed by atoms with E-state index in [1.807, 2.05) is 0 Å². The van der Waals surface area contributed by atoms with E-state index in [1.165, 1.54) is 53.9 Å². The Bertz CT molecular complexity index is 2000. The number of likely N-dealkylation sites (N-methyl/N-ethyl adjacent to an activating group) is 2. The molecule has 6 rings (SSSR count). The molecule has 1 N–H and O–H groups in total. The second-order valence-corrected chi connectivity index (χ2v) is 12.7. The summed E-state index contributed by atoms with van der Waals surface area (Å²) < 4.78 is 100. The zero-order chi connectivity index (χ0) is 36.4. The first-order chi connectivity index (χ1) is 23.3. The van der Waals surface area contributed by atoms with Crippen LogP contribution >= 0.6 is 0 Å². The Balaban J connectivity index is 1.67. The van der Waals surface area contributed by atoms with Gasteiger partial charge in [0.25, 0.3) is 11.8 Å². The van der Waals surface area contributed by atoms with E-state index < -0.39 is 41.9 Å². The minimum absolute atomic E-state index is 0.00500. The van der Waals surface area contributed by atoms with E-state index in [-0.39, 0.29) is 67.5 Å². The maximum Gasteiger partial charge on any atom is 0.303 e. The topological polar surface area (TPSA) is 110 Å². The van der Waals surface area contributed by atoms with Crippen molar-refractivity contribution in [3.8, 4) is 17.0 Å². The molecule has 0 atom stereocenters. The number of hydrogen-bond acceptors (Lipinski definition) is 6. The molecule has 2 aromatic carbocycles. The van der Waals surface area contributed by atoms with Crippen molar-refractivity contribution >= 4 is 39.0 Å². The highest BCUT2D eigenvalue weighted by molar-refractivity contribution is 7.87. The molecule has 1 saturated carbocycles. The molecule has 3 heterocycles. The second-order valence-electron chi connectivity index (χ2n) is 11.0. The van der Waals surface area contributed by atoms with Crippen LogP contribution in [0, 0.1) is 0 Å². The average molecular weight is 614 g/mol. The predicted molar refractivity (Wildman–Crippen MR) is 165 cm³/mol. The molecule has 1 fully saturated rings. The Kier molecular flexibility index (Phi) is 6.01. The van der Waals surface area contributed by atoms with E-state index in [0.717, 1.165) is 4.31 Å². The molecule has 2 aliphatic heterocycles. The molecule has 3 aromatic rings. The lowest BCUT2D eigenvalue weighted by molar-refractivity contribution is -0.126. The summed E-state index contributed by atoms with van der Waals surface area (Å²) in [5.41, 5.74) is 1.71. The van der Waals surface area contributed by atoms with Crippen molar-refractivity contribution in [1.29, 1.82) is 0 Å². The first-order valence-electron chi connectivity index (χ1n) is 17.7. The number of carbonyl (C=O) groups is 2. The van der Waals surface area contributed by atoms with Crippen LogP contribution in [-0.2, 0) is 26.2 Å². The van der Waals surface area contributed by atoms with Crippen LogP contribution in [0.2, 0.25) is 0 Å². The molecule has 0 spiro atoms. The molecule has 0 radical (unpaired) electrons. The molecule has 0 unspecified atom stereocenters. The highest BCUT2D eigenvalue weighted by Crippen LogP contribution is 2.47. The number of hydrogen-bond donors (Lipinski definition) is 1. The summed E-state index contributed by atoms with van der Waals surface area (Å²) in [5, 5.41) is 0.551. The number of nitrogens with zero attached hydrogens (tertiary/aromatic N) is 3. The fraction of sp³-hybridized carbons (Fsp3) is 0.438. The largest absolute Gasteiger partial charge is 0.497 e. The third-order valence-electron chi connectivity index (χ3n) is 8.28. The minimum atomic E-state index is -4.28. The summed E-state index contributed by atoms with van der Waals surface area (Å²) in [4.78, 5) is 29.0. The molecule has 10 nitrogen and oxygen atoms in total. The smallest absolute Gasteiger partial charge is 0.303 e. The van der Waals surface area contributed by atoms with Gasteiger partial charge >= 0.3 is 10.2 Å². The van der Waals surface area contributed by atoms with Crippen molar-refractivity contribution in [2.24, 2.45) is 0 Å². The van der Waals surface area contributed by atoms with Crippen molar-refractivity contribution in [2.75, 3.05) is 47.4 Å². The fourth-order valence-corrected chi connectivity index (χ4v) is 6.72. The monoisotopic (exact) mass is 613 g/mol. The fourth-order valence-electron chi connectivity index (χ4n) is 5.89. The van der Waals surface area contributed by atoms with Gasteiger partial charge in [0.05, 0.1) is 39.3 Å². The zero-order valence-corrected chi connectivity index (χ0v) is 24.8. The zero-order valence-electron chi connectivity index (χ0n) is 31.0. The van der Waals surface area contributed by atoms with Crippen LogP contribution in [0.1, 0.15) is 69.1 Å². The summed E-state index contributed by atoms with van der Waals surface area (Å²) in [6.07, 6.45) is 1.40. The van der Waals surface area contributed by atoms with Gasteiger partial charge < -0.3 is 18.9 Å². The Labute approximate surface area is 262 Å². The normalized spacial score (nSPS) is 25.5. The Morgan fingerprint density at radius 1 is 1.07 bits per heavy atom. The Morgan fingerprint density at radius 3 is 2.65 bits per heavy atom. The molecule has 2 amide bonds. The lowest BCUT2D eigenvalue weighted by Gasteiger charge is -2.24. The van der Waals surface area contributed by atoms with E-state index in [9.17, 15) is 20.7 Å². The molecule has 4 bridgehead atoms. The van der Waals surface area contributed by atoms with Crippen LogP contribution in [0.5, 0.6) is 5.75 Å². The number of nitrogens with one attached hydrogen (secondary N) is 1. The maximum atomic E-state index is 14.2. The number of benzene rings is 2. The van der Waals surface area contributed by atoms with Gasteiger partial charge in [-0.3, -0.25) is 9.59 Å². The van der Waals surface area contributed by atoms with Gasteiger partial charge in [0, 0.05) is 57.5 Å². The maximum absolute atomic E-state index is 14.2. The van der Waals surface area contributed by atoms with E-state index in [2.05, 4.69) is 4.72 Å². The van der Waals surface area contributed by atoms with Crippen LogP contribution in [0.15, 0.2) is 42.0 Å². The van der Waals surface area contributed by atoms with Crippen LogP contribution < -0.4 is 9.46 Å². The molecule has 228 valence electrons. The van der Waals surface area contributed by atoms with Crippen molar-refractivity contribution in [1.82, 2.24) is 18.5 Å². The van der Waals surface area contributed by atoms with Gasteiger partial charge in [0.1, 0.15) is 5.75 Å². The number of rotatable bonds is 2. The Morgan fingerprint density at radius 2 is 1.86 bits per heavy atom. The first kappa shape index (κ1) is 21.9. The average Bonchev–Trinajstić information content (AvgIpc) is 3.32. The summed E-state index contributed by atoms with van der Waals surface area (Å²) in [6.45, 7) is -2.65. The molecule has 1 aromatic heterocycles. The highest BCUT2D eigenvalue weighted by Gasteiger charge is 2.31. The predicted octanol–water partition coefficient (Wildman–Crippen LogP) is 4.16. The molecule has 3 aliphatic rings. The minimum Gasteiger partial charge on any atom is -0.497 e. The number of fused-ring (bicyclic) bond motifs is 4. The molecule has 1 aliphatic carbocycles. The van der Waals surface area contributed by atoms with Gasteiger partial charge in [-0.2, -0.15) is 12.7 Å². The van der Waals surface area contributed by atoms with Gasteiger partial charge in [0.15, 0.2) is 0 Å². The van der Waals surface area contributed by atoms with E-state index in [4.69, 9.17) is 16.3 Å². The number of carbonyl (C=O) groups excluding carboxylic acids is 2. The Hall–Kier alpha value is -3.67. The lowest BCUT2D eigenvalue weighted by Crippen LogP contribution is -2.42. The van der Waals surface area contributed by atoms with Crippen LogP contribution in [0.3, 0.4) is 0 Å². The third-order valence-corrected chi connectivity index (χ3v) is 9.72. The van der Waals surface area contributed by atoms with Gasteiger partial charge in [-0.25, -0.2) is 4.72 Å². The summed E-state index contributed by atoms with van der Waals surface area (Å²) in [5.74, 6) is -1.89. The van der Waals surface area contributed by atoms with Gasteiger partial charge in [-0.15, -0.1) is 0 Å². The second kappa shape index (κ2) is 11.8. The summed E-state index contributed by atoms with van der Waals surface area (Å²) >= 11 is 0. The lowest BCUT2D eigenvalue weighted by atomic mass is 9.81. The number of methoxy groups -OCH3 is 1. The van der Waals surface area contributed by atoms with E-state index in [0.29, 0.717) is 40.6 Å². The SMILES string of the molecule is [2H]C1([2H])CCC(c2c3n4c5cc(ccc25)C(=O)NS(=O)(=O)N(C)CCOCCN(C)C(=O)C(=Cc2cc(OC([2H])([2H])[2H])ccc2-3)C4([2H])[2H])CC1. The van der Waals surface area contributed by atoms with Crippen molar-refractivity contribution in [2.45, 2.75) is 44.5 Å². The summed E-state index contributed by atoms with van der Waals surface area (Å²) in [6, 6.07) is 8.98. The summed E-state index contributed by atoms with van der Waals surface area (Å²) in [7, 11) is -4.27. The number of amides is 2. The van der Waals surface area contributed by atoms with Gasteiger partial charge in [-0.1, -0.05) is 25.3 Å². The number of aromatic nitrogens is 1. The van der Waals surface area contributed by atoms with Crippen LogP contribution in [0.4, 0.5) is 0 Å². The van der Waals surface area contributed by atoms with Crippen LogP contribution in [0.25, 0.3) is 28.2 Å². The van der Waals surface area contributed by atoms with E-state index in [1.54, 1.807) is 12.1 Å². The standard InChI is InChI=1S/C32H38N4O6S/c1-34-13-15-42-16-14-35(2)43(39,40)33-31(37)22-9-11-27-28(19-22)36-20-24(32(34)38)17-23-18-25(41-3)10-12-26(23)30(36)29(27)21-7-5-4-6-8-21/h9-12,17-19,21H,4-8,13-16,20H2,1-3H3,(H,33,37)/i3D3,4D2,20D2. The third kappa shape index (κ3) is 5.57. The highest BCUT2D eigenvalue weighted by atomic mass is 32.2. The van der Waals surface area contributed by atoms with Crippen LogP contribution in [-0.4, -0.2) is 81.4 Å². The number of ether oxygens (including phenoxy) is 2. The molecule has 0 saturated heterocycles. The molecular weight excluding hydrogens is 568 g/mol. The van der Waals surface area contributed by atoms with Gasteiger partial charge in [0.2, 0.25) is 0 Å². The van der Waals surface area contributed by atoms with Crippen molar-refractivity contribution < 1.29 is 37.1 Å². The first-order valence-corrected chi connectivity index (χ1v) is 15.6. The van der Waals surface area contributed by atoms with Gasteiger partial charge in [-0.05, 0) is 66.3 Å².